The quantitative estimate of drug-likeness (QED) is 0.498. The molecule has 0 aliphatic rings. The van der Waals surface area contributed by atoms with E-state index in [4.69, 9.17) is 5.26 Å². The number of alkyl halides is 3. The van der Waals surface area contributed by atoms with Crippen molar-refractivity contribution in [2.24, 2.45) is 5.10 Å². The van der Waals surface area contributed by atoms with Gasteiger partial charge in [0.15, 0.2) is 0 Å². The van der Waals surface area contributed by atoms with E-state index in [-0.39, 0.29) is 5.56 Å². The van der Waals surface area contributed by atoms with Crippen LogP contribution in [0.3, 0.4) is 0 Å². The largest absolute Gasteiger partial charge is 0.416 e. The Bertz CT molecular complexity index is 1150. The van der Waals surface area contributed by atoms with Crippen molar-refractivity contribution in [2.45, 2.75) is 20.0 Å². The maximum Gasteiger partial charge on any atom is 0.416 e. The lowest BCUT2D eigenvalue weighted by Gasteiger charge is -2.09. The molecular formula is C22H17F3N4O. The SMILES string of the molecule is Cc1cc(/C=N\NC(=O)c2cccc(C(F)(F)F)c2)c(C)n1-c1ccc(C#N)cc1. The number of hydrogen-bond acceptors (Lipinski definition) is 3. The number of carbonyl (C=O) groups is 1. The minimum absolute atomic E-state index is 0.134. The number of aryl methyl sites for hydroxylation is 1. The number of nitrogens with zero attached hydrogens (tertiary/aromatic N) is 3. The summed E-state index contributed by atoms with van der Waals surface area (Å²) in [6.45, 7) is 3.78. The van der Waals surface area contributed by atoms with E-state index in [0.717, 1.165) is 34.8 Å². The summed E-state index contributed by atoms with van der Waals surface area (Å²) in [5.41, 5.74) is 5.16. The van der Waals surface area contributed by atoms with Gasteiger partial charge in [0.2, 0.25) is 0 Å². The fourth-order valence-electron chi connectivity index (χ4n) is 3.06. The molecule has 8 heteroatoms. The standard InChI is InChI=1S/C22H17F3N4O/c1-14-10-18(15(2)29(14)20-8-6-16(12-26)7-9-20)13-27-28-21(30)17-4-3-5-19(11-17)22(23,24)25/h3-11,13H,1-2H3,(H,28,30)/b27-13-. The number of benzene rings is 2. The lowest BCUT2D eigenvalue weighted by Crippen LogP contribution is -2.18. The summed E-state index contributed by atoms with van der Waals surface area (Å²) in [7, 11) is 0. The van der Waals surface area contributed by atoms with Gasteiger partial charge in [-0.25, -0.2) is 5.43 Å². The monoisotopic (exact) mass is 410 g/mol. The molecule has 5 nitrogen and oxygen atoms in total. The van der Waals surface area contributed by atoms with Crippen LogP contribution in [0.5, 0.6) is 0 Å². The van der Waals surface area contributed by atoms with Crippen LogP contribution in [0.1, 0.15) is 38.4 Å². The summed E-state index contributed by atoms with van der Waals surface area (Å²) in [6.07, 6.45) is -3.09. The van der Waals surface area contributed by atoms with Crippen LogP contribution in [0, 0.1) is 25.2 Å². The Hall–Kier alpha value is -3.86. The summed E-state index contributed by atoms with van der Waals surface area (Å²) in [5, 5.41) is 12.8. The Morgan fingerprint density at radius 1 is 1.13 bits per heavy atom. The Labute approximate surface area is 171 Å². The average molecular weight is 410 g/mol. The number of hydrazone groups is 1. The molecule has 0 aliphatic heterocycles. The van der Waals surface area contributed by atoms with Gasteiger partial charge in [-0.15, -0.1) is 0 Å². The number of carbonyl (C=O) groups excluding carboxylic acids is 1. The van der Waals surface area contributed by atoms with Crippen molar-refractivity contribution in [1.82, 2.24) is 9.99 Å². The molecule has 0 aliphatic carbocycles. The minimum Gasteiger partial charge on any atom is -0.318 e. The molecule has 0 saturated carbocycles. The molecule has 0 unspecified atom stereocenters. The first-order valence-electron chi connectivity index (χ1n) is 8.91. The van der Waals surface area contributed by atoms with Crippen molar-refractivity contribution in [3.05, 3.63) is 88.2 Å². The van der Waals surface area contributed by atoms with E-state index >= 15 is 0 Å². The zero-order chi connectivity index (χ0) is 21.9. The summed E-state index contributed by atoms with van der Waals surface area (Å²) >= 11 is 0. The molecule has 3 rings (SSSR count). The molecule has 0 bridgehead atoms. The van der Waals surface area contributed by atoms with Gasteiger partial charge in [-0.3, -0.25) is 4.79 Å². The number of rotatable bonds is 4. The molecule has 1 heterocycles. The second kappa shape index (κ2) is 8.25. The fourth-order valence-corrected chi connectivity index (χ4v) is 3.06. The van der Waals surface area contributed by atoms with E-state index in [0.29, 0.717) is 5.56 Å². The molecule has 3 aromatic rings. The summed E-state index contributed by atoms with van der Waals surface area (Å²) in [6, 6.07) is 15.2. The highest BCUT2D eigenvalue weighted by Crippen LogP contribution is 2.29. The van der Waals surface area contributed by atoms with Crippen molar-refractivity contribution in [3.63, 3.8) is 0 Å². The smallest absolute Gasteiger partial charge is 0.318 e. The van der Waals surface area contributed by atoms with Crippen molar-refractivity contribution in [3.8, 4) is 11.8 Å². The Morgan fingerprint density at radius 3 is 2.47 bits per heavy atom. The molecule has 0 atom stereocenters. The minimum atomic E-state index is -4.53. The number of nitrogens with one attached hydrogen (secondary N) is 1. The van der Waals surface area contributed by atoms with E-state index in [9.17, 15) is 18.0 Å². The molecule has 1 aromatic heterocycles. The second-order valence-corrected chi connectivity index (χ2v) is 6.60. The van der Waals surface area contributed by atoms with Gasteiger partial charge < -0.3 is 4.57 Å². The average Bonchev–Trinajstić information content (AvgIpc) is 3.00. The highest BCUT2D eigenvalue weighted by atomic mass is 19.4. The molecule has 1 amide bonds. The van der Waals surface area contributed by atoms with E-state index in [2.05, 4.69) is 16.6 Å². The molecule has 30 heavy (non-hydrogen) atoms. The lowest BCUT2D eigenvalue weighted by atomic mass is 10.1. The lowest BCUT2D eigenvalue weighted by molar-refractivity contribution is -0.137. The topological polar surface area (TPSA) is 70.2 Å². The van der Waals surface area contributed by atoms with Crippen LogP contribution >= 0.6 is 0 Å². The van der Waals surface area contributed by atoms with Crippen molar-refractivity contribution in [1.29, 1.82) is 5.26 Å². The molecule has 0 radical (unpaired) electrons. The van der Waals surface area contributed by atoms with Crippen molar-refractivity contribution >= 4 is 12.1 Å². The van der Waals surface area contributed by atoms with Gasteiger partial charge in [-0.05, 0) is 62.4 Å². The van der Waals surface area contributed by atoms with Crippen LogP contribution in [0.2, 0.25) is 0 Å². The Balaban J connectivity index is 1.77. The van der Waals surface area contributed by atoms with Gasteiger partial charge >= 0.3 is 6.18 Å². The number of amides is 1. The second-order valence-electron chi connectivity index (χ2n) is 6.60. The molecule has 0 saturated heterocycles. The molecule has 0 spiro atoms. The third-order valence-corrected chi connectivity index (χ3v) is 4.55. The van der Waals surface area contributed by atoms with Gasteiger partial charge in [0.05, 0.1) is 23.4 Å². The summed E-state index contributed by atoms with van der Waals surface area (Å²) in [5.74, 6) is -0.738. The molecule has 0 fully saturated rings. The maximum atomic E-state index is 12.8. The highest BCUT2D eigenvalue weighted by molar-refractivity contribution is 5.95. The molecular weight excluding hydrogens is 393 g/mol. The zero-order valence-corrected chi connectivity index (χ0v) is 16.2. The van der Waals surface area contributed by atoms with Gasteiger partial charge in [-0.1, -0.05) is 6.07 Å². The van der Waals surface area contributed by atoms with E-state index < -0.39 is 17.6 Å². The van der Waals surface area contributed by atoms with Crippen LogP contribution in [0.4, 0.5) is 13.2 Å². The Morgan fingerprint density at radius 2 is 1.83 bits per heavy atom. The third kappa shape index (κ3) is 4.41. The summed E-state index contributed by atoms with van der Waals surface area (Å²) < 4.78 is 40.3. The molecule has 1 N–H and O–H groups in total. The first kappa shape index (κ1) is 20.9. The Kier molecular flexibility index (Phi) is 5.74. The number of aromatic nitrogens is 1. The van der Waals surface area contributed by atoms with Crippen LogP contribution in [0.25, 0.3) is 5.69 Å². The molecule has 152 valence electrons. The summed E-state index contributed by atoms with van der Waals surface area (Å²) in [4.78, 5) is 12.1. The van der Waals surface area contributed by atoms with Crippen LogP contribution in [-0.2, 0) is 6.18 Å². The highest BCUT2D eigenvalue weighted by Gasteiger charge is 2.30. The number of halogens is 3. The van der Waals surface area contributed by atoms with Crippen molar-refractivity contribution in [2.75, 3.05) is 0 Å². The number of nitriles is 1. The van der Waals surface area contributed by atoms with Crippen LogP contribution < -0.4 is 5.43 Å². The third-order valence-electron chi connectivity index (χ3n) is 4.55. The van der Waals surface area contributed by atoms with E-state index in [1.807, 2.05) is 36.6 Å². The predicted octanol–water partition coefficient (Wildman–Crippen LogP) is 4.75. The van der Waals surface area contributed by atoms with Crippen LogP contribution in [-0.4, -0.2) is 16.7 Å². The van der Waals surface area contributed by atoms with Crippen molar-refractivity contribution < 1.29 is 18.0 Å². The first-order chi connectivity index (χ1) is 14.2. The van der Waals surface area contributed by atoms with E-state index in [1.54, 1.807) is 12.1 Å². The number of hydrogen-bond donors (Lipinski definition) is 1. The van der Waals surface area contributed by atoms with E-state index in [1.165, 1.54) is 18.3 Å². The molecule has 2 aromatic carbocycles. The first-order valence-corrected chi connectivity index (χ1v) is 8.91. The maximum absolute atomic E-state index is 12.8. The van der Waals surface area contributed by atoms with Gasteiger partial charge in [-0.2, -0.15) is 23.5 Å². The normalized spacial score (nSPS) is 11.5. The fraction of sp³-hybridized carbons (Fsp3) is 0.136. The van der Waals surface area contributed by atoms with Crippen LogP contribution in [0.15, 0.2) is 59.7 Å². The van der Waals surface area contributed by atoms with Gasteiger partial charge in [0.25, 0.3) is 5.91 Å². The van der Waals surface area contributed by atoms with Gasteiger partial charge in [0, 0.05) is 28.2 Å². The van der Waals surface area contributed by atoms with Gasteiger partial charge in [0.1, 0.15) is 0 Å². The zero-order valence-electron chi connectivity index (χ0n) is 16.2. The predicted molar refractivity (Wildman–Crippen MR) is 106 cm³/mol.